The van der Waals surface area contributed by atoms with Gasteiger partial charge in [-0.2, -0.15) is 5.26 Å². The maximum Gasteiger partial charge on any atom is 0.270 e. The summed E-state index contributed by atoms with van der Waals surface area (Å²) in [6.45, 7) is 2.01. The van der Waals surface area contributed by atoms with Crippen LogP contribution < -0.4 is 0 Å². The fraction of sp³-hybridized carbons (Fsp3) is 0.0476. The van der Waals surface area contributed by atoms with E-state index in [4.69, 9.17) is 4.42 Å². The largest absolute Gasteiger partial charge is 0.450 e. The molecule has 3 aromatic rings. The number of nitro groups is 1. The van der Waals surface area contributed by atoms with Crippen molar-refractivity contribution in [2.75, 3.05) is 0 Å². The molecule has 7 heteroatoms. The number of hydrogen-bond donors (Lipinski definition) is 0. The highest BCUT2D eigenvalue weighted by atomic mass is 32.2. The molecule has 0 saturated carbocycles. The molecule has 0 spiro atoms. The van der Waals surface area contributed by atoms with Crippen LogP contribution in [0, 0.1) is 28.4 Å². The number of hydrogen-bond acceptors (Lipinski definition) is 6. The topological polar surface area (TPSA) is 97.1 Å². The van der Waals surface area contributed by atoms with Gasteiger partial charge in [0.05, 0.1) is 4.92 Å². The Labute approximate surface area is 165 Å². The zero-order valence-electron chi connectivity index (χ0n) is 14.8. The Balaban J connectivity index is 1.81. The number of nitrogens with zero attached hydrogens (tertiary/aromatic N) is 2. The van der Waals surface area contributed by atoms with E-state index in [0.29, 0.717) is 10.9 Å². The van der Waals surface area contributed by atoms with E-state index >= 15 is 0 Å². The van der Waals surface area contributed by atoms with Crippen molar-refractivity contribution >= 4 is 29.3 Å². The lowest BCUT2D eigenvalue weighted by Crippen LogP contribution is -2.02. The molecule has 0 N–H and O–H groups in total. The van der Waals surface area contributed by atoms with E-state index in [9.17, 15) is 20.2 Å². The van der Waals surface area contributed by atoms with Crippen LogP contribution in [-0.4, -0.2) is 10.7 Å². The molecule has 138 valence electrons. The van der Waals surface area contributed by atoms with E-state index in [0.717, 1.165) is 16.5 Å². The molecule has 0 atom stereocenters. The molecular formula is C21H14N2O4S. The zero-order valence-corrected chi connectivity index (χ0v) is 15.6. The smallest absolute Gasteiger partial charge is 0.270 e. The molecule has 1 aromatic heterocycles. The van der Waals surface area contributed by atoms with Crippen LogP contribution in [0.25, 0.3) is 6.08 Å². The van der Waals surface area contributed by atoms with Crippen LogP contribution in [0.4, 0.5) is 5.69 Å². The third kappa shape index (κ3) is 4.55. The number of allylic oxidation sites excluding steroid dienone is 1. The number of non-ortho nitro benzene ring substituents is 1. The number of rotatable bonds is 6. The second-order valence-corrected chi connectivity index (χ2v) is 6.96. The van der Waals surface area contributed by atoms with Gasteiger partial charge in [0, 0.05) is 28.7 Å². The Bertz CT molecular complexity index is 1110. The number of carbonyl (C=O) groups is 1. The molecule has 3 rings (SSSR count). The number of nitriles is 1. The van der Waals surface area contributed by atoms with Crippen LogP contribution >= 0.6 is 11.8 Å². The number of Topliss-reactive ketones (excluding diaryl/α,β-unsaturated/α-hetero) is 1. The molecule has 0 saturated heterocycles. The summed E-state index contributed by atoms with van der Waals surface area (Å²) >= 11 is 1.42. The van der Waals surface area contributed by atoms with Crippen molar-refractivity contribution in [1.29, 1.82) is 5.26 Å². The normalized spacial score (nSPS) is 11.1. The van der Waals surface area contributed by atoms with Gasteiger partial charge in [-0.05, 0) is 31.2 Å². The highest BCUT2D eigenvalue weighted by Crippen LogP contribution is 2.30. The first-order valence-corrected chi connectivity index (χ1v) is 9.03. The van der Waals surface area contributed by atoms with Gasteiger partial charge in [-0.25, -0.2) is 0 Å². The maximum absolute atomic E-state index is 12.5. The average Bonchev–Trinajstić information content (AvgIpc) is 3.14. The van der Waals surface area contributed by atoms with Gasteiger partial charge in [0.2, 0.25) is 5.78 Å². The summed E-state index contributed by atoms with van der Waals surface area (Å²) in [5.74, 6) is -0.250. The minimum atomic E-state index is -0.602. The molecule has 28 heavy (non-hydrogen) atoms. The Hall–Kier alpha value is -3.63. The molecule has 0 amide bonds. The number of benzene rings is 2. The van der Waals surface area contributed by atoms with Crippen LogP contribution in [0.1, 0.15) is 21.7 Å². The Morgan fingerprint density at radius 3 is 2.61 bits per heavy atom. The molecule has 1 heterocycles. The highest BCUT2D eigenvalue weighted by molar-refractivity contribution is 7.99. The molecule has 0 aliphatic rings. The van der Waals surface area contributed by atoms with Crippen molar-refractivity contribution in [2.24, 2.45) is 0 Å². The van der Waals surface area contributed by atoms with E-state index in [2.05, 4.69) is 0 Å². The third-order valence-electron chi connectivity index (χ3n) is 3.81. The lowest BCUT2D eigenvalue weighted by atomic mass is 10.0. The quantitative estimate of drug-likeness (QED) is 0.183. The molecule has 0 radical (unpaired) electrons. The van der Waals surface area contributed by atoms with Crippen molar-refractivity contribution in [3.05, 3.63) is 93.2 Å². The molecule has 0 fully saturated rings. The standard InChI is InChI=1S/C21H14N2O4S/c1-14-5-8-19(9-6-14)28-20-10-7-18(27-20)12-16(13-22)21(24)15-3-2-4-17(11-15)23(25)26/h2-12H,1H3/b16-12+. The van der Waals surface area contributed by atoms with Crippen molar-refractivity contribution in [3.8, 4) is 6.07 Å². The van der Waals surface area contributed by atoms with Gasteiger partial charge in [-0.1, -0.05) is 41.6 Å². The molecule has 0 aliphatic heterocycles. The predicted octanol–water partition coefficient (Wildman–Crippen LogP) is 5.44. The van der Waals surface area contributed by atoms with Gasteiger partial charge in [0.1, 0.15) is 17.4 Å². The lowest BCUT2D eigenvalue weighted by Gasteiger charge is -2.00. The summed E-state index contributed by atoms with van der Waals surface area (Å²) in [5.41, 5.74) is 0.855. The van der Waals surface area contributed by atoms with Crippen molar-refractivity contribution in [2.45, 2.75) is 16.9 Å². The lowest BCUT2D eigenvalue weighted by molar-refractivity contribution is -0.384. The van der Waals surface area contributed by atoms with Gasteiger partial charge >= 0.3 is 0 Å². The molecule has 0 bridgehead atoms. The minimum Gasteiger partial charge on any atom is -0.450 e. The molecule has 2 aromatic carbocycles. The number of ketones is 1. The first-order valence-electron chi connectivity index (χ1n) is 8.21. The SMILES string of the molecule is Cc1ccc(Sc2ccc(/C=C(\C#N)C(=O)c3cccc([N+](=O)[O-])c3)o2)cc1. The summed E-state index contributed by atoms with van der Waals surface area (Å²) in [7, 11) is 0. The van der Waals surface area contributed by atoms with E-state index in [1.54, 1.807) is 12.1 Å². The zero-order chi connectivity index (χ0) is 20.1. The second kappa shape index (κ2) is 8.37. The Morgan fingerprint density at radius 2 is 1.93 bits per heavy atom. The predicted molar refractivity (Wildman–Crippen MR) is 105 cm³/mol. The molecule has 0 aliphatic carbocycles. The number of carbonyl (C=O) groups excluding carboxylic acids is 1. The van der Waals surface area contributed by atoms with Crippen LogP contribution in [0.3, 0.4) is 0 Å². The summed E-state index contributed by atoms with van der Waals surface area (Å²) < 4.78 is 5.67. The summed E-state index contributed by atoms with van der Waals surface area (Å²) in [6, 6.07) is 18.5. The molecule has 6 nitrogen and oxygen atoms in total. The number of nitro benzene ring substituents is 1. The van der Waals surface area contributed by atoms with E-state index < -0.39 is 10.7 Å². The first-order chi connectivity index (χ1) is 13.5. The van der Waals surface area contributed by atoms with Gasteiger partial charge in [0.15, 0.2) is 5.09 Å². The van der Waals surface area contributed by atoms with Crippen LogP contribution in [0.2, 0.25) is 0 Å². The van der Waals surface area contributed by atoms with Crippen molar-refractivity contribution in [3.63, 3.8) is 0 Å². The first kappa shape index (κ1) is 19.1. The number of furan rings is 1. The van der Waals surface area contributed by atoms with E-state index in [-0.39, 0.29) is 16.8 Å². The van der Waals surface area contributed by atoms with Gasteiger partial charge in [-0.15, -0.1) is 0 Å². The Kier molecular flexibility index (Phi) is 5.72. The summed E-state index contributed by atoms with van der Waals surface area (Å²) in [4.78, 5) is 23.8. The highest BCUT2D eigenvalue weighted by Gasteiger charge is 2.16. The van der Waals surface area contributed by atoms with Gasteiger partial charge in [-0.3, -0.25) is 14.9 Å². The van der Waals surface area contributed by atoms with Gasteiger partial charge < -0.3 is 4.42 Å². The van der Waals surface area contributed by atoms with E-state index in [1.165, 1.54) is 36.0 Å². The minimum absolute atomic E-state index is 0.0720. The van der Waals surface area contributed by atoms with Crippen molar-refractivity contribution < 1.29 is 14.1 Å². The molecule has 0 unspecified atom stereocenters. The maximum atomic E-state index is 12.5. The number of aryl methyl sites for hydroxylation is 1. The molecular weight excluding hydrogens is 376 g/mol. The van der Waals surface area contributed by atoms with E-state index in [1.807, 2.05) is 37.3 Å². The monoisotopic (exact) mass is 390 g/mol. The van der Waals surface area contributed by atoms with Crippen LogP contribution in [-0.2, 0) is 0 Å². The fourth-order valence-electron chi connectivity index (χ4n) is 2.40. The second-order valence-electron chi connectivity index (χ2n) is 5.88. The third-order valence-corrected chi connectivity index (χ3v) is 4.74. The van der Waals surface area contributed by atoms with Gasteiger partial charge in [0.25, 0.3) is 5.69 Å². The average molecular weight is 390 g/mol. The van der Waals surface area contributed by atoms with Crippen molar-refractivity contribution in [1.82, 2.24) is 0 Å². The van der Waals surface area contributed by atoms with Crippen LogP contribution in [0.15, 0.2) is 80.6 Å². The summed E-state index contributed by atoms with van der Waals surface area (Å²) in [6.07, 6.45) is 1.33. The fourth-order valence-corrected chi connectivity index (χ4v) is 3.17. The Morgan fingerprint density at radius 1 is 1.18 bits per heavy atom. The summed E-state index contributed by atoms with van der Waals surface area (Å²) in [5, 5.41) is 20.8. The van der Waals surface area contributed by atoms with Crippen LogP contribution in [0.5, 0.6) is 0 Å².